The van der Waals surface area contributed by atoms with E-state index in [2.05, 4.69) is 34.9 Å². The molecule has 3 rings (SSSR count). The molecule has 18 heavy (non-hydrogen) atoms. The van der Waals surface area contributed by atoms with E-state index < -0.39 is 0 Å². The highest BCUT2D eigenvalue weighted by Gasteiger charge is 2.24. The van der Waals surface area contributed by atoms with Crippen molar-refractivity contribution in [1.29, 1.82) is 0 Å². The molecule has 0 bridgehead atoms. The third-order valence-corrected chi connectivity index (χ3v) is 3.52. The van der Waals surface area contributed by atoms with Crippen molar-refractivity contribution in [2.24, 2.45) is 11.7 Å². The predicted octanol–water partition coefficient (Wildman–Crippen LogP) is 1.21. The van der Waals surface area contributed by atoms with Crippen LogP contribution in [0, 0.1) is 12.8 Å². The summed E-state index contributed by atoms with van der Waals surface area (Å²) in [6.45, 7) is 6.12. The van der Waals surface area contributed by atoms with Gasteiger partial charge in [-0.25, -0.2) is 4.52 Å². The van der Waals surface area contributed by atoms with E-state index in [9.17, 15) is 0 Å². The number of anilines is 1. The minimum Gasteiger partial charge on any atom is -0.338 e. The van der Waals surface area contributed by atoms with Crippen molar-refractivity contribution < 1.29 is 0 Å². The molecule has 2 atom stereocenters. The van der Waals surface area contributed by atoms with Gasteiger partial charge in [-0.2, -0.15) is 4.98 Å². The Bertz CT molecular complexity index is 552. The lowest BCUT2D eigenvalue weighted by Crippen LogP contribution is -2.46. The van der Waals surface area contributed by atoms with Crippen LogP contribution >= 0.6 is 0 Å². The van der Waals surface area contributed by atoms with Gasteiger partial charge in [0.25, 0.3) is 0 Å². The van der Waals surface area contributed by atoms with Crippen LogP contribution in [0.25, 0.3) is 5.65 Å². The largest absolute Gasteiger partial charge is 0.338 e. The average molecular weight is 245 g/mol. The zero-order chi connectivity index (χ0) is 12.7. The smallest absolute Gasteiger partial charge is 0.245 e. The molecule has 5 nitrogen and oxygen atoms in total. The second kappa shape index (κ2) is 4.24. The summed E-state index contributed by atoms with van der Waals surface area (Å²) in [6.07, 6.45) is 3.02. The van der Waals surface area contributed by atoms with Crippen molar-refractivity contribution in [2.75, 3.05) is 18.0 Å². The Hall–Kier alpha value is -1.62. The Morgan fingerprint density at radius 2 is 2.22 bits per heavy atom. The van der Waals surface area contributed by atoms with Gasteiger partial charge < -0.3 is 10.6 Å². The van der Waals surface area contributed by atoms with Crippen molar-refractivity contribution in [3.05, 3.63) is 23.9 Å². The molecule has 1 saturated heterocycles. The molecule has 0 spiro atoms. The first-order chi connectivity index (χ1) is 8.63. The molecule has 2 aromatic heterocycles. The van der Waals surface area contributed by atoms with E-state index in [4.69, 9.17) is 5.73 Å². The van der Waals surface area contributed by atoms with Gasteiger partial charge in [-0.1, -0.05) is 13.0 Å². The number of fused-ring (bicyclic) bond motifs is 1. The summed E-state index contributed by atoms with van der Waals surface area (Å²) in [5.41, 5.74) is 8.15. The molecular weight excluding hydrogens is 226 g/mol. The van der Waals surface area contributed by atoms with Crippen molar-refractivity contribution >= 4 is 11.6 Å². The summed E-state index contributed by atoms with van der Waals surface area (Å²) >= 11 is 0. The summed E-state index contributed by atoms with van der Waals surface area (Å²) in [5.74, 6) is 1.40. The Morgan fingerprint density at radius 1 is 1.39 bits per heavy atom. The zero-order valence-electron chi connectivity index (χ0n) is 10.9. The minimum absolute atomic E-state index is 0.224. The second-order valence-corrected chi connectivity index (χ2v) is 5.38. The second-order valence-electron chi connectivity index (χ2n) is 5.38. The van der Waals surface area contributed by atoms with Crippen LogP contribution in [0.2, 0.25) is 0 Å². The van der Waals surface area contributed by atoms with Gasteiger partial charge in [0, 0.05) is 25.3 Å². The van der Waals surface area contributed by atoms with Crippen molar-refractivity contribution in [2.45, 2.75) is 26.3 Å². The van der Waals surface area contributed by atoms with E-state index in [1.807, 2.05) is 16.8 Å². The number of pyridine rings is 1. The molecule has 2 N–H and O–H groups in total. The maximum Gasteiger partial charge on any atom is 0.245 e. The van der Waals surface area contributed by atoms with E-state index >= 15 is 0 Å². The van der Waals surface area contributed by atoms with Gasteiger partial charge in [-0.05, 0) is 30.9 Å². The Balaban J connectivity index is 1.96. The van der Waals surface area contributed by atoms with Gasteiger partial charge in [0.2, 0.25) is 5.95 Å². The molecule has 3 heterocycles. The number of hydrogen-bond donors (Lipinski definition) is 1. The van der Waals surface area contributed by atoms with Crippen LogP contribution in [0.3, 0.4) is 0 Å². The molecule has 0 saturated carbocycles. The molecule has 0 radical (unpaired) electrons. The van der Waals surface area contributed by atoms with E-state index in [0.717, 1.165) is 36.7 Å². The standard InChI is InChI=1S/C13H19N5/c1-9-6-11(14)8-17(7-9)13-15-12-10(2)4-3-5-18(12)16-13/h3-5,9,11H,6-8,14H2,1-2H3. The van der Waals surface area contributed by atoms with Crippen molar-refractivity contribution in [3.8, 4) is 0 Å². The maximum atomic E-state index is 6.07. The lowest BCUT2D eigenvalue weighted by Gasteiger charge is -2.33. The molecule has 2 aromatic rings. The van der Waals surface area contributed by atoms with Crippen LogP contribution in [0.4, 0.5) is 5.95 Å². The number of piperidine rings is 1. The molecule has 1 fully saturated rings. The van der Waals surface area contributed by atoms with E-state index in [1.165, 1.54) is 0 Å². The summed E-state index contributed by atoms with van der Waals surface area (Å²) in [6, 6.07) is 4.27. The average Bonchev–Trinajstić information content (AvgIpc) is 2.73. The fourth-order valence-electron chi connectivity index (χ4n) is 2.73. The van der Waals surface area contributed by atoms with Crippen LogP contribution in [-0.2, 0) is 0 Å². The predicted molar refractivity (Wildman–Crippen MR) is 71.7 cm³/mol. The first-order valence-electron chi connectivity index (χ1n) is 6.46. The Morgan fingerprint density at radius 3 is 2.94 bits per heavy atom. The van der Waals surface area contributed by atoms with Crippen LogP contribution in [0.1, 0.15) is 18.9 Å². The van der Waals surface area contributed by atoms with Crippen LogP contribution in [0.15, 0.2) is 18.3 Å². The quantitative estimate of drug-likeness (QED) is 0.820. The third kappa shape index (κ3) is 1.95. The number of rotatable bonds is 1. The Kier molecular flexibility index (Phi) is 2.70. The highest BCUT2D eigenvalue weighted by atomic mass is 15.4. The van der Waals surface area contributed by atoms with E-state index in [-0.39, 0.29) is 6.04 Å². The minimum atomic E-state index is 0.224. The van der Waals surface area contributed by atoms with Gasteiger partial charge in [0.1, 0.15) is 0 Å². The zero-order valence-corrected chi connectivity index (χ0v) is 10.9. The molecule has 1 aliphatic rings. The monoisotopic (exact) mass is 245 g/mol. The maximum absolute atomic E-state index is 6.07. The fraction of sp³-hybridized carbons (Fsp3) is 0.538. The fourth-order valence-corrected chi connectivity index (χ4v) is 2.73. The van der Waals surface area contributed by atoms with Gasteiger partial charge >= 0.3 is 0 Å². The number of hydrogen-bond acceptors (Lipinski definition) is 4. The van der Waals surface area contributed by atoms with Crippen molar-refractivity contribution in [3.63, 3.8) is 0 Å². The molecular formula is C13H19N5. The molecule has 1 aliphatic heterocycles. The molecule has 96 valence electrons. The number of nitrogens with two attached hydrogens (primary N) is 1. The van der Waals surface area contributed by atoms with Crippen LogP contribution in [0.5, 0.6) is 0 Å². The topological polar surface area (TPSA) is 59.5 Å². The molecule has 5 heteroatoms. The first-order valence-corrected chi connectivity index (χ1v) is 6.46. The van der Waals surface area contributed by atoms with Gasteiger partial charge in [0.05, 0.1) is 0 Å². The normalized spacial score (nSPS) is 24.7. The number of aryl methyl sites for hydroxylation is 1. The summed E-state index contributed by atoms with van der Waals surface area (Å²) in [4.78, 5) is 6.83. The van der Waals surface area contributed by atoms with Gasteiger partial charge in [-0.3, -0.25) is 0 Å². The summed E-state index contributed by atoms with van der Waals surface area (Å²) < 4.78 is 1.84. The SMILES string of the molecule is Cc1cccn2nc(N3CC(C)CC(N)C3)nc12. The highest BCUT2D eigenvalue weighted by Crippen LogP contribution is 2.20. The lowest BCUT2D eigenvalue weighted by molar-refractivity contribution is 0.398. The number of nitrogens with zero attached hydrogens (tertiary/aromatic N) is 4. The first kappa shape index (κ1) is 11.5. The highest BCUT2D eigenvalue weighted by molar-refractivity contribution is 5.50. The third-order valence-electron chi connectivity index (χ3n) is 3.52. The molecule has 0 amide bonds. The summed E-state index contributed by atoms with van der Waals surface area (Å²) in [5, 5.41) is 4.54. The van der Waals surface area contributed by atoms with Crippen LogP contribution < -0.4 is 10.6 Å². The van der Waals surface area contributed by atoms with E-state index in [1.54, 1.807) is 0 Å². The van der Waals surface area contributed by atoms with Crippen molar-refractivity contribution in [1.82, 2.24) is 14.6 Å². The lowest BCUT2D eigenvalue weighted by atomic mass is 9.97. The molecule has 0 aromatic carbocycles. The van der Waals surface area contributed by atoms with Crippen LogP contribution in [-0.4, -0.2) is 33.7 Å². The number of aromatic nitrogens is 3. The van der Waals surface area contributed by atoms with E-state index in [0.29, 0.717) is 5.92 Å². The van der Waals surface area contributed by atoms with Gasteiger partial charge in [0.15, 0.2) is 5.65 Å². The molecule has 0 aliphatic carbocycles. The summed E-state index contributed by atoms with van der Waals surface area (Å²) in [7, 11) is 0. The Labute approximate surface area is 107 Å². The molecule has 2 unspecified atom stereocenters. The van der Waals surface area contributed by atoms with Gasteiger partial charge in [-0.15, -0.1) is 5.10 Å².